The Kier molecular flexibility index (Phi) is 4.91. The van der Waals surface area contributed by atoms with Gasteiger partial charge in [0.1, 0.15) is 17.5 Å². The van der Waals surface area contributed by atoms with Gasteiger partial charge in [-0.05, 0) is 63.7 Å². The van der Waals surface area contributed by atoms with E-state index in [1.807, 2.05) is 18.2 Å². The summed E-state index contributed by atoms with van der Waals surface area (Å²) >= 11 is 0. The lowest BCUT2D eigenvalue weighted by atomic mass is 9.96. The molecule has 0 aliphatic carbocycles. The fourth-order valence-corrected chi connectivity index (χ4v) is 3.56. The third kappa shape index (κ3) is 3.65. The zero-order valence-electron chi connectivity index (χ0n) is 15.5. The third-order valence-electron chi connectivity index (χ3n) is 4.92. The molecular formula is C25H19F3. The SMILES string of the molecule is CCCc1ccc2cc(-c3ccc(-c4cc(F)cc(F)c4)c(F)c3)ccc2c1. The molecule has 0 heterocycles. The van der Waals surface area contributed by atoms with E-state index in [9.17, 15) is 13.2 Å². The van der Waals surface area contributed by atoms with Gasteiger partial charge in [-0.15, -0.1) is 0 Å². The maximum absolute atomic E-state index is 14.7. The minimum atomic E-state index is -0.726. The van der Waals surface area contributed by atoms with Crippen LogP contribution in [0.25, 0.3) is 33.0 Å². The van der Waals surface area contributed by atoms with Gasteiger partial charge >= 0.3 is 0 Å². The Balaban J connectivity index is 1.71. The van der Waals surface area contributed by atoms with E-state index in [0.29, 0.717) is 0 Å². The average Bonchev–Trinajstić information content (AvgIpc) is 2.67. The molecule has 0 saturated heterocycles. The lowest BCUT2D eigenvalue weighted by Crippen LogP contribution is -1.90. The molecule has 140 valence electrons. The van der Waals surface area contributed by atoms with Crippen molar-refractivity contribution in [1.29, 1.82) is 0 Å². The molecule has 0 bridgehead atoms. The molecular weight excluding hydrogens is 357 g/mol. The summed E-state index contributed by atoms with van der Waals surface area (Å²) in [4.78, 5) is 0. The summed E-state index contributed by atoms with van der Waals surface area (Å²) in [5.41, 5.74) is 3.28. The molecule has 0 saturated carbocycles. The molecule has 0 radical (unpaired) electrons. The van der Waals surface area contributed by atoms with Crippen LogP contribution >= 0.6 is 0 Å². The maximum atomic E-state index is 14.7. The molecule has 0 nitrogen and oxygen atoms in total. The van der Waals surface area contributed by atoms with Crippen LogP contribution in [-0.2, 0) is 6.42 Å². The molecule has 0 amide bonds. The molecule has 4 aromatic rings. The van der Waals surface area contributed by atoms with Crippen LogP contribution < -0.4 is 0 Å². The molecule has 4 rings (SSSR count). The molecule has 0 unspecified atom stereocenters. The Bertz CT molecular complexity index is 1140. The summed E-state index contributed by atoms with van der Waals surface area (Å²) in [6, 6.07) is 20.2. The van der Waals surface area contributed by atoms with Gasteiger partial charge < -0.3 is 0 Å². The minimum Gasteiger partial charge on any atom is -0.207 e. The van der Waals surface area contributed by atoms with E-state index in [2.05, 4.69) is 25.1 Å². The second-order valence-corrected chi connectivity index (χ2v) is 7.00. The van der Waals surface area contributed by atoms with Crippen LogP contribution in [0, 0.1) is 17.5 Å². The van der Waals surface area contributed by atoms with Crippen molar-refractivity contribution in [3.63, 3.8) is 0 Å². The molecule has 0 aliphatic heterocycles. The standard InChI is InChI=1S/C25H19F3/c1-2-3-16-4-5-18-11-19(7-6-17(18)10-16)20-8-9-24(25(28)14-20)21-12-22(26)15-23(27)13-21/h4-15H,2-3H2,1H3. The zero-order chi connectivity index (χ0) is 19.7. The van der Waals surface area contributed by atoms with Crippen LogP contribution in [0.1, 0.15) is 18.9 Å². The molecule has 0 spiro atoms. The fraction of sp³-hybridized carbons (Fsp3) is 0.120. The fourth-order valence-electron chi connectivity index (χ4n) is 3.56. The molecule has 3 heteroatoms. The first-order chi connectivity index (χ1) is 13.5. The van der Waals surface area contributed by atoms with E-state index in [1.54, 1.807) is 12.1 Å². The number of hydrogen-bond donors (Lipinski definition) is 0. The highest BCUT2D eigenvalue weighted by atomic mass is 19.1. The molecule has 0 fully saturated rings. The smallest absolute Gasteiger partial charge is 0.131 e. The first kappa shape index (κ1) is 18.3. The first-order valence-corrected chi connectivity index (χ1v) is 9.32. The van der Waals surface area contributed by atoms with Crippen molar-refractivity contribution < 1.29 is 13.2 Å². The lowest BCUT2D eigenvalue weighted by Gasteiger charge is -2.09. The third-order valence-corrected chi connectivity index (χ3v) is 4.92. The van der Waals surface area contributed by atoms with Crippen molar-refractivity contribution in [2.24, 2.45) is 0 Å². The van der Waals surface area contributed by atoms with Gasteiger partial charge in [-0.25, -0.2) is 13.2 Å². The van der Waals surface area contributed by atoms with E-state index < -0.39 is 17.5 Å². The van der Waals surface area contributed by atoms with Crippen LogP contribution in [0.2, 0.25) is 0 Å². The van der Waals surface area contributed by atoms with Crippen molar-refractivity contribution >= 4 is 10.8 Å². The van der Waals surface area contributed by atoms with Crippen LogP contribution in [0.3, 0.4) is 0 Å². The summed E-state index contributed by atoms with van der Waals surface area (Å²) in [7, 11) is 0. The zero-order valence-corrected chi connectivity index (χ0v) is 15.5. The quantitative estimate of drug-likeness (QED) is 0.345. The Labute approximate surface area is 162 Å². The van der Waals surface area contributed by atoms with Gasteiger partial charge in [0.05, 0.1) is 0 Å². The monoisotopic (exact) mass is 376 g/mol. The van der Waals surface area contributed by atoms with Crippen LogP contribution in [0.4, 0.5) is 13.2 Å². The van der Waals surface area contributed by atoms with E-state index in [4.69, 9.17) is 0 Å². The highest BCUT2D eigenvalue weighted by Crippen LogP contribution is 2.31. The van der Waals surface area contributed by atoms with E-state index in [0.717, 1.165) is 52.9 Å². The number of rotatable bonds is 4. The van der Waals surface area contributed by atoms with Crippen molar-refractivity contribution in [2.75, 3.05) is 0 Å². The molecule has 0 aromatic heterocycles. The molecule has 0 aliphatic rings. The van der Waals surface area contributed by atoms with Crippen molar-refractivity contribution in [3.8, 4) is 22.3 Å². The van der Waals surface area contributed by atoms with Gasteiger partial charge in [-0.3, -0.25) is 0 Å². The second-order valence-electron chi connectivity index (χ2n) is 7.00. The molecule has 28 heavy (non-hydrogen) atoms. The van der Waals surface area contributed by atoms with Gasteiger partial charge in [0, 0.05) is 11.6 Å². The minimum absolute atomic E-state index is 0.173. The first-order valence-electron chi connectivity index (χ1n) is 9.32. The van der Waals surface area contributed by atoms with E-state index in [-0.39, 0.29) is 11.1 Å². The number of benzene rings is 4. The van der Waals surface area contributed by atoms with E-state index in [1.165, 1.54) is 11.6 Å². The predicted molar refractivity (Wildman–Crippen MR) is 109 cm³/mol. The Morgan fingerprint density at radius 1 is 0.607 bits per heavy atom. The summed E-state index contributed by atoms with van der Waals surface area (Å²) in [5.74, 6) is -1.97. The van der Waals surface area contributed by atoms with Gasteiger partial charge in [-0.2, -0.15) is 0 Å². The second kappa shape index (κ2) is 7.51. The highest BCUT2D eigenvalue weighted by molar-refractivity contribution is 5.88. The predicted octanol–water partition coefficient (Wildman–Crippen LogP) is 7.54. The van der Waals surface area contributed by atoms with Gasteiger partial charge in [0.2, 0.25) is 0 Å². The molecule has 4 aromatic carbocycles. The van der Waals surface area contributed by atoms with Crippen molar-refractivity contribution in [2.45, 2.75) is 19.8 Å². The Morgan fingerprint density at radius 3 is 1.96 bits per heavy atom. The lowest BCUT2D eigenvalue weighted by molar-refractivity contribution is 0.583. The summed E-state index contributed by atoms with van der Waals surface area (Å²) < 4.78 is 41.6. The van der Waals surface area contributed by atoms with Crippen molar-refractivity contribution in [1.82, 2.24) is 0 Å². The summed E-state index contributed by atoms with van der Waals surface area (Å²) in [6.07, 6.45) is 2.15. The normalized spacial score (nSPS) is 11.1. The van der Waals surface area contributed by atoms with Crippen LogP contribution in [0.15, 0.2) is 72.8 Å². The molecule has 0 N–H and O–H groups in total. The highest BCUT2D eigenvalue weighted by Gasteiger charge is 2.10. The number of aryl methyl sites for hydroxylation is 1. The Morgan fingerprint density at radius 2 is 1.25 bits per heavy atom. The number of hydrogen-bond acceptors (Lipinski definition) is 0. The van der Waals surface area contributed by atoms with Crippen LogP contribution in [0.5, 0.6) is 0 Å². The average molecular weight is 376 g/mol. The summed E-state index contributed by atoms with van der Waals surface area (Å²) in [5, 5.41) is 2.25. The largest absolute Gasteiger partial charge is 0.207 e. The Hall–Kier alpha value is -3.07. The molecule has 0 atom stereocenters. The van der Waals surface area contributed by atoms with E-state index >= 15 is 0 Å². The van der Waals surface area contributed by atoms with Crippen LogP contribution in [-0.4, -0.2) is 0 Å². The van der Waals surface area contributed by atoms with Gasteiger partial charge in [-0.1, -0.05) is 55.8 Å². The topological polar surface area (TPSA) is 0 Å². The number of halogens is 3. The maximum Gasteiger partial charge on any atom is 0.131 e. The van der Waals surface area contributed by atoms with Gasteiger partial charge in [0.25, 0.3) is 0 Å². The number of fused-ring (bicyclic) bond motifs is 1. The summed E-state index contributed by atoms with van der Waals surface area (Å²) in [6.45, 7) is 2.16. The van der Waals surface area contributed by atoms with Gasteiger partial charge in [0.15, 0.2) is 0 Å². The van der Waals surface area contributed by atoms with Crippen molar-refractivity contribution in [3.05, 3.63) is 95.8 Å².